The van der Waals surface area contributed by atoms with Crippen molar-refractivity contribution in [3.63, 3.8) is 0 Å². The lowest BCUT2D eigenvalue weighted by Crippen LogP contribution is -2.20. The van der Waals surface area contributed by atoms with Crippen LogP contribution >= 0.6 is 27.5 Å². The fourth-order valence-corrected chi connectivity index (χ4v) is 3.70. The van der Waals surface area contributed by atoms with Crippen LogP contribution in [0.1, 0.15) is 32.4 Å². The lowest BCUT2D eigenvalue weighted by atomic mass is 9.99. The topological polar surface area (TPSA) is 59.2 Å². The molecule has 4 nitrogen and oxygen atoms in total. The average Bonchev–Trinajstić information content (AvgIpc) is 3.18. The van der Waals surface area contributed by atoms with E-state index in [1.165, 1.54) is 0 Å². The Hall–Kier alpha value is -2.89. The van der Waals surface area contributed by atoms with Gasteiger partial charge in [-0.2, -0.15) is 0 Å². The number of Topliss-reactive ketones (excluding diaryl/α,β-unsaturated/α-hetero) is 1. The van der Waals surface area contributed by atoms with Gasteiger partial charge in [-0.1, -0.05) is 76.1 Å². The number of hydrogen-bond donors (Lipinski definition) is 1. The molecule has 0 aliphatic rings. The zero-order valence-electron chi connectivity index (χ0n) is 15.1. The number of carbonyl (C=O) groups excluding carboxylic acids is 2. The normalized spacial score (nSPS) is 11.9. The highest BCUT2D eigenvalue weighted by Crippen LogP contribution is 2.29. The smallest absolute Gasteiger partial charge is 0.340 e. The van der Waals surface area contributed by atoms with E-state index in [4.69, 9.17) is 16.3 Å². The highest BCUT2D eigenvalue weighted by molar-refractivity contribution is 9.10. The number of para-hydroxylation sites is 1. The van der Waals surface area contributed by atoms with Crippen molar-refractivity contribution in [3.05, 3.63) is 105 Å². The molecular weight excluding hydrogens is 454 g/mol. The number of esters is 1. The van der Waals surface area contributed by atoms with Gasteiger partial charge >= 0.3 is 5.97 Å². The number of nitrogens with one attached hydrogen (secondary N) is 1. The van der Waals surface area contributed by atoms with Crippen molar-refractivity contribution in [1.29, 1.82) is 0 Å². The van der Waals surface area contributed by atoms with Crippen LogP contribution in [0.4, 0.5) is 0 Å². The summed E-state index contributed by atoms with van der Waals surface area (Å²) in [6.07, 6.45) is 0.543. The van der Waals surface area contributed by atoms with Gasteiger partial charge in [0.05, 0.1) is 10.6 Å². The summed E-state index contributed by atoms with van der Waals surface area (Å²) in [5.41, 5.74) is 2.07. The number of ketones is 1. The predicted octanol–water partition coefficient (Wildman–Crippen LogP) is 6.36. The minimum absolute atomic E-state index is 0.189. The van der Waals surface area contributed by atoms with Crippen molar-refractivity contribution in [3.8, 4) is 0 Å². The molecule has 0 unspecified atom stereocenters. The second kappa shape index (κ2) is 8.23. The molecule has 0 fully saturated rings. The summed E-state index contributed by atoms with van der Waals surface area (Å²) < 4.78 is 6.37. The Labute approximate surface area is 180 Å². The van der Waals surface area contributed by atoms with Crippen LogP contribution in [0.15, 0.2) is 83.5 Å². The van der Waals surface area contributed by atoms with Gasteiger partial charge in [0.25, 0.3) is 0 Å². The molecule has 1 heterocycles. The third-order valence-corrected chi connectivity index (χ3v) is 5.39. The van der Waals surface area contributed by atoms with Crippen LogP contribution in [0.2, 0.25) is 5.02 Å². The summed E-state index contributed by atoms with van der Waals surface area (Å²) in [6, 6.07) is 21.3. The van der Waals surface area contributed by atoms with Crippen LogP contribution in [0.25, 0.3) is 10.9 Å². The Morgan fingerprint density at radius 3 is 2.45 bits per heavy atom. The van der Waals surface area contributed by atoms with Crippen LogP contribution in [0, 0.1) is 0 Å². The molecule has 0 radical (unpaired) electrons. The number of rotatable bonds is 5. The van der Waals surface area contributed by atoms with Gasteiger partial charge < -0.3 is 9.72 Å². The standard InChI is InChI=1S/C23H15BrClNO3/c24-15-10-11-19(25)17(12-15)23(28)29-22(14-6-2-1-3-7-14)21(27)18-13-26-20-9-5-4-8-16(18)20/h1-13,22,26H/t22-/m0/s1. The van der Waals surface area contributed by atoms with Gasteiger partial charge in [-0.3, -0.25) is 4.79 Å². The Balaban J connectivity index is 1.73. The Morgan fingerprint density at radius 1 is 0.931 bits per heavy atom. The van der Waals surface area contributed by atoms with Crippen LogP contribution in [-0.4, -0.2) is 16.7 Å². The summed E-state index contributed by atoms with van der Waals surface area (Å²) in [7, 11) is 0. The van der Waals surface area contributed by atoms with Gasteiger partial charge in [-0.05, 0) is 24.3 Å². The molecule has 0 bridgehead atoms. The minimum atomic E-state index is -1.10. The van der Waals surface area contributed by atoms with Crippen molar-refractivity contribution in [1.82, 2.24) is 4.98 Å². The van der Waals surface area contributed by atoms with E-state index in [2.05, 4.69) is 20.9 Å². The number of carbonyl (C=O) groups is 2. The van der Waals surface area contributed by atoms with Crippen molar-refractivity contribution in [2.45, 2.75) is 6.10 Å². The summed E-state index contributed by atoms with van der Waals surface area (Å²) in [5, 5.41) is 1.03. The Kier molecular flexibility index (Phi) is 5.51. The van der Waals surface area contributed by atoms with Gasteiger partial charge in [0.2, 0.25) is 5.78 Å². The second-order valence-electron chi connectivity index (χ2n) is 6.43. The zero-order valence-corrected chi connectivity index (χ0v) is 17.4. The maximum atomic E-state index is 13.4. The van der Waals surface area contributed by atoms with Crippen molar-refractivity contribution < 1.29 is 14.3 Å². The number of halogens is 2. The summed E-state index contributed by atoms with van der Waals surface area (Å²) in [6.45, 7) is 0. The molecule has 1 N–H and O–H groups in total. The molecule has 3 aromatic carbocycles. The summed E-state index contributed by atoms with van der Waals surface area (Å²) >= 11 is 9.49. The van der Waals surface area contributed by atoms with Crippen LogP contribution in [-0.2, 0) is 4.74 Å². The molecule has 0 saturated heterocycles. The average molecular weight is 469 g/mol. The van der Waals surface area contributed by atoms with Gasteiger partial charge in [0.1, 0.15) is 0 Å². The van der Waals surface area contributed by atoms with Gasteiger partial charge in [-0.15, -0.1) is 0 Å². The monoisotopic (exact) mass is 467 g/mol. The fourth-order valence-electron chi connectivity index (χ4n) is 3.14. The molecule has 0 saturated carbocycles. The van der Waals surface area contributed by atoms with E-state index in [1.54, 1.807) is 48.7 Å². The maximum Gasteiger partial charge on any atom is 0.340 e. The number of aromatic nitrogens is 1. The first-order valence-corrected chi connectivity index (χ1v) is 10.0. The lowest BCUT2D eigenvalue weighted by molar-refractivity contribution is 0.0280. The minimum Gasteiger partial charge on any atom is -0.445 e. The number of benzene rings is 3. The third-order valence-electron chi connectivity index (χ3n) is 4.57. The van der Waals surface area contributed by atoms with Crippen molar-refractivity contribution >= 4 is 50.2 Å². The number of H-pyrrole nitrogens is 1. The third kappa shape index (κ3) is 3.97. The van der Waals surface area contributed by atoms with Crippen molar-refractivity contribution in [2.24, 2.45) is 0 Å². The molecular formula is C23H15BrClNO3. The number of aromatic amines is 1. The molecule has 144 valence electrons. The Morgan fingerprint density at radius 2 is 1.66 bits per heavy atom. The fraction of sp³-hybridized carbons (Fsp3) is 0.0435. The van der Waals surface area contributed by atoms with E-state index in [9.17, 15) is 9.59 Å². The number of hydrogen-bond acceptors (Lipinski definition) is 3. The molecule has 0 amide bonds. The molecule has 0 spiro atoms. The first-order valence-electron chi connectivity index (χ1n) is 8.86. The highest BCUT2D eigenvalue weighted by atomic mass is 79.9. The zero-order chi connectivity index (χ0) is 20.4. The summed E-state index contributed by atoms with van der Waals surface area (Å²) in [4.78, 5) is 29.3. The molecule has 1 atom stereocenters. The molecule has 1 aromatic heterocycles. The SMILES string of the molecule is O=C(O[C@H](C(=O)c1c[nH]c2ccccc12)c1ccccc1)c1cc(Br)ccc1Cl. The molecule has 6 heteroatoms. The van der Waals surface area contributed by atoms with Crippen molar-refractivity contribution in [2.75, 3.05) is 0 Å². The van der Waals surface area contributed by atoms with E-state index in [-0.39, 0.29) is 16.4 Å². The largest absolute Gasteiger partial charge is 0.445 e. The summed E-state index contributed by atoms with van der Waals surface area (Å²) in [5.74, 6) is -0.980. The molecule has 4 rings (SSSR count). The van der Waals surface area contributed by atoms with Crippen LogP contribution in [0.3, 0.4) is 0 Å². The van der Waals surface area contributed by atoms with E-state index < -0.39 is 12.1 Å². The van der Waals surface area contributed by atoms with Gasteiger partial charge in [0, 0.05) is 32.7 Å². The lowest BCUT2D eigenvalue weighted by Gasteiger charge is -2.18. The van der Waals surface area contributed by atoms with E-state index in [1.807, 2.05) is 30.3 Å². The van der Waals surface area contributed by atoms with E-state index in [0.717, 1.165) is 10.9 Å². The first-order chi connectivity index (χ1) is 14.0. The van der Waals surface area contributed by atoms with Gasteiger partial charge in [-0.25, -0.2) is 4.79 Å². The predicted molar refractivity (Wildman–Crippen MR) is 116 cm³/mol. The number of fused-ring (bicyclic) bond motifs is 1. The molecule has 0 aliphatic heterocycles. The highest BCUT2D eigenvalue weighted by Gasteiger charge is 2.29. The molecule has 29 heavy (non-hydrogen) atoms. The van der Waals surface area contributed by atoms with E-state index in [0.29, 0.717) is 15.6 Å². The van der Waals surface area contributed by atoms with Gasteiger partial charge in [0.15, 0.2) is 6.10 Å². The first kappa shape index (κ1) is 19.4. The second-order valence-corrected chi connectivity index (χ2v) is 7.76. The molecule has 4 aromatic rings. The molecule has 0 aliphatic carbocycles. The number of ether oxygens (including phenoxy) is 1. The van der Waals surface area contributed by atoms with Crippen LogP contribution in [0.5, 0.6) is 0 Å². The van der Waals surface area contributed by atoms with Crippen LogP contribution < -0.4 is 0 Å². The maximum absolute atomic E-state index is 13.4. The quantitative estimate of drug-likeness (QED) is 0.274. The Bertz CT molecular complexity index is 1200. The van der Waals surface area contributed by atoms with E-state index >= 15 is 0 Å².